The van der Waals surface area contributed by atoms with Gasteiger partial charge in [-0.1, -0.05) is 13.8 Å². The van der Waals surface area contributed by atoms with E-state index in [2.05, 4.69) is 45.0 Å². The highest BCUT2D eigenvalue weighted by Crippen LogP contribution is 2.24. The molecule has 0 aliphatic rings. The van der Waals surface area contributed by atoms with Crippen molar-refractivity contribution in [3.8, 4) is 0 Å². The maximum Gasteiger partial charge on any atom is 0.276 e. The highest BCUT2D eigenvalue weighted by molar-refractivity contribution is 6.03. The van der Waals surface area contributed by atoms with Crippen LogP contribution in [0, 0.1) is 0 Å². The standard InChI is InChI=1S/C22H32N4O2/c1-8-25(9-2)21(28)16-10-12-17(13-11-16)23-20(27)18-14-19(15(3)4)26(24-18)22(5,6)7/h10-15H,8-9H2,1-7H3,(H,23,27). The zero-order chi connectivity index (χ0) is 21.1. The number of carbonyl (C=O) groups excluding carboxylic acids is 2. The monoisotopic (exact) mass is 384 g/mol. The van der Waals surface area contributed by atoms with Gasteiger partial charge in [-0.25, -0.2) is 0 Å². The molecule has 6 nitrogen and oxygen atoms in total. The molecule has 0 unspecified atom stereocenters. The predicted molar refractivity (Wildman–Crippen MR) is 113 cm³/mol. The number of amides is 2. The van der Waals surface area contributed by atoms with Crippen LogP contribution >= 0.6 is 0 Å². The zero-order valence-corrected chi connectivity index (χ0v) is 18.0. The molecule has 0 aliphatic heterocycles. The average Bonchev–Trinajstić information content (AvgIpc) is 3.09. The van der Waals surface area contributed by atoms with Gasteiger partial charge in [0.2, 0.25) is 0 Å². The molecule has 0 bridgehead atoms. The summed E-state index contributed by atoms with van der Waals surface area (Å²) >= 11 is 0. The lowest BCUT2D eigenvalue weighted by Crippen LogP contribution is -2.30. The lowest BCUT2D eigenvalue weighted by Gasteiger charge is -2.23. The van der Waals surface area contributed by atoms with Gasteiger partial charge in [0.15, 0.2) is 5.69 Å². The quantitative estimate of drug-likeness (QED) is 0.797. The molecule has 2 amide bonds. The van der Waals surface area contributed by atoms with Crippen molar-refractivity contribution < 1.29 is 9.59 Å². The summed E-state index contributed by atoms with van der Waals surface area (Å²) < 4.78 is 1.92. The van der Waals surface area contributed by atoms with Gasteiger partial charge in [-0.2, -0.15) is 5.10 Å². The molecular weight excluding hydrogens is 352 g/mol. The number of carbonyl (C=O) groups is 2. The molecule has 0 saturated carbocycles. The highest BCUT2D eigenvalue weighted by atomic mass is 16.2. The van der Waals surface area contributed by atoms with E-state index in [0.29, 0.717) is 30.0 Å². The number of benzene rings is 1. The van der Waals surface area contributed by atoms with Crippen molar-refractivity contribution in [2.24, 2.45) is 0 Å². The Kier molecular flexibility index (Phi) is 6.65. The fourth-order valence-corrected chi connectivity index (χ4v) is 3.04. The van der Waals surface area contributed by atoms with Crippen LogP contribution in [0.3, 0.4) is 0 Å². The van der Waals surface area contributed by atoms with Gasteiger partial charge in [0.1, 0.15) is 0 Å². The Morgan fingerprint density at radius 2 is 1.68 bits per heavy atom. The molecule has 2 rings (SSSR count). The molecule has 0 radical (unpaired) electrons. The van der Waals surface area contributed by atoms with E-state index in [9.17, 15) is 9.59 Å². The number of anilines is 1. The van der Waals surface area contributed by atoms with Gasteiger partial charge in [-0.05, 0) is 70.9 Å². The van der Waals surface area contributed by atoms with Crippen LogP contribution in [0.2, 0.25) is 0 Å². The largest absolute Gasteiger partial charge is 0.339 e. The first-order chi connectivity index (χ1) is 13.1. The second kappa shape index (κ2) is 8.59. The minimum Gasteiger partial charge on any atom is -0.339 e. The summed E-state index contributed by atoms with van der Waals surface area (Å²) in [5, 5.41) is 7.41. The molecule has 0 fully saturated rings. The molecule has 1 aromatic heterocycles. The summed E-state index contributed by atoms with van der Waals surface area (Å²) in [5.74, 6) is -0.000241. The molecule has 0 spiro atoms. The van der Waals surface area contributed by atoms with Crippen LogP contribution in [-0.2, 0) is 5.54 Å². The summed E-state index contributed by atoms with van der Waals surface area (Å²) in [7, 11) is 0. The van der Waals surface area contributed by atoms with Crippen LogP contribution < -0.4 is 5.32 Å². The molecule has 0 atom stereocenters. The van der Waals surface area contributed by atoms with Crippen molar-refractivity contribution in [3.63, 3.8) is 0 Å². The SMILES string of the molecule is CCN(CC)C(=O)c1ccc(NC(=O)c2cc(C(C)C)n(C(C)(C)C)n2)cc1. The van der Waals surface area contributed by atoms with Crippen molar-refractivity contribution in [2.75, 3.05) is 18.4 Å². The van der Waals surface area contributed by atoms with Crippen molar-refractivity contribution in [1.29, 1.82) is 0 Å². The van der Waals surface area contributed by atoms with Gasteiger partial charge in [-0.15, -0.1) is 0 Å². The van der Waals surface area contributed by atoms with Crippen LogP contribution in [0.5, 0.6) is 0 Å². The van der Waals surface area contributed by atoms with Gasteiger partial charge >= 0.3 is 0 Å². The number of hydrogen-bond acceptors (Lipinski definition) is 3. The van der Waals surface area contributed by atoms with E-state index in [4.69, 9.17) is 0 Å². The molecule has 6 heteroatoms. The van der Waals surface area contributed by atoms with E-state index in [1.54, 1.807) is 29.2 Å². The Bertz CT molecular complexity index is 825. The van der Waals surface area contributed by atoms with Crippen molar-refractivity contribution in [3.05, 3.63) is 47.3 Å². The fraction of sp³-hybridized carbons (Fsp3) is 0.500. The van der Waals surface area contributed by atoms with Crippen molar-refractivity contribution in [2.45, 2.75) is 59.9 Å². The van der Waals surface area contributed by atoms with Crippen LogP contribution in [0.15, 0.2) is 30.3 Å². The maximum atomic E-state index is 12.7. The van der Waals surface area contributed by atoms with Gasteiger partial charge in [0.05, 0.1) is 5.54 Å². The van der Waals surface area contributed by atoms with Crippen LogP contribution in [0.25, 0.3) is 0 Å². The maximum absolute atomic E-state index is 12.7. The van der Waals surface area contributed by atoms with E-state index < -0.39 is 0 Å². The first kappa shape index (κ1) is 21.7. The lowest BCUT2D eigenvalue weighted by atomic mass is 10.1. The van der Waals surface area contributed by atoms with Crippen molar-refractivity contribution in [1.82, 2.24) is 14.7 Å². The van der Waals surface area contributed by atoms with Crippen LogP contribution in [0.4, 0.5) is 5.69 Å². The van der Waals surface area contributed by atoms with Gasteiger partial charge in [-0.3, -0.25) is 14.3 Å². The smallest absolute Gasteiger partial charge is 0.276 e. The predicted octanol–water partition coefficient (Wildman–Crippen LogP) is 4.50. The first-order valence-electron chi connectivity index (χ1n) is 9.89. The third kappa shape index (κ3) is 4.80. The molecule has 0 aliphatic carbocycles. The van der Waals surface area contributed by atoms with E-state index in [-0.39, 0.29) is 23.3 Å². The average molecular weight is 385 g/mol. The molecule has 152 valence electrons. The summed E-state index contributed by atoms with van der Waals surface area (Å²) in [4.78, 5) is 26.8. The Morgan fingerprint density at radius 1 is 1.11 bits per heavy atom. The van der Waals surface area contributed by atoms with Crippen LogP contribution in [-0.4, -0.2) is 39.6 Å². The second-order valence-corrected chi connectivity index (χ2v) is 8.20. The third-order valence-electron chi connectivity index (χ3n) is 4.64. The van der Waals surface area contributed by atoms with Crippen molar-refractivity contribution >= 4 is 17.5 Å². The van der Waals surface area contributed by atoms with E-state index >= 15 is 0 Å². The molecule has 1 aromatic carbocycles. The Hall–Kier alpha value is -2.63. The summed E-state index contributed by atoms with van der Waals surface area (Å²) in [6.07, 6.45) is 0. The Labute approximate surface area is 167 Å². The molecule has 0 saturated heterocycles. The molecule has 2 aromatic rings. The first-order valence-corrected chi connectivity index (χ1v) is 9.89. The zero-order valence-electron chi connectivity index (χ0n) is 18.0. The fourth-order valence-electron chi connectivity index (χ4n) is 3.04. The lowest BCUT2D eigenvalue weighted by molar-refractivity contribution is 0.0773. The second-order valence-electron chi connectivity index (χ2n) is 8.20. The summed E-state index contributed by atoms with van der Waals surface area (Å²) in [5.41, 5.74) is 2.46. The Balaban J connectivity index is 2.18. The summed E-state index contributed by atoms with van der Waals surface area (Å²) in [6.45, 7) is 15.6. The molecule has 1 heterocycles. The minimum atomic E-state index is -0.257. The van der Waals surface area contributed by atoms with E-state index in [1.165, 1.54) is 0 Å². The molecule has 28 heavy (non-hydrogen) atoms. The number of rotatable bonds is 6. The molecule has 1 N–H and O–H groups in total. The number of nitrogens with one attached hydrogen (secondary N) is 1. The van der Waals surface area contributed by atoms with Gasteiger partial charge < -0.3 is 10.2 Å². The summed E-state index contributed by atoms with van der Waals surface area (Å²) in [6, 6.07) is 8.83. The number of aromatic nitrogens is 2. The van der Waals surface area contributed by atoms with E-state index in [0.717, 1.165) is 5.69 Å². The third-order valence-corrected chi connectivity index (χ3v) is 4.64. The number of hydrogen-bond donors (Lipinski definition) is 1. The van der Waals surface area contributed by atoms with Crippen LogP contribution in [0.1, 0.15) is 80.9 Å². The Morgan fingerprint density at radius 3 is 2.11 bits per heavy atom. The topological polar surface area (TPSA) is 67.2 Å². The minimum absolute atomic E-state index is 0.00614. The van der Waals surface area contributed by atoms with Gasteiger partial charge in [0.25, 0.3) is 11.8 Å². The normalized spacial score (nSPS) is 11.6. The van der Waals surface area contributed by atoms with E-state index in [1.807, 2.05) is 24.6 Å². The molecular formula is C22H32N4O2. The number of nitrogens with zero attached hydrogens (tertiary/aromatic N) is 3. The van der Waals surface area contributed by atoms with Gasteiger partial charge in [0, 0.05) is 30.0 Å². The highest BCUT2D eigenvalue weighted by Gasteiger charge is 2.23.